The first-order chi connectivity index (χ1) is 13.1. The predicted molar refractivity (Wildman–Crippen MR) is 109 cm³/mol. The molecule has 0 radical (unpaired) electrons. The number of amides is 1. The number of hydrogen-bond acceptors (Lipinski definition) is 4. The van der Waals surface area contributed by atoms with Gasteiger partial charge in [-0.15, -0.1) is 0 Å². The summed E-state index contributed by atoms with van der Waals surface area (Å²) in [6.07, 6.45) is 1.04. The lowest BCUT2D eigenvalue weighted by Crippen LogP contribution is -2.44. The molecule has 144 valence electrons. The first-order valence-corrected chi connectivity index (χ1v) is 9.69. The zero-order chi connectivity index (χ0) is 19.1. The fourth-order valence-corrected chi connectivity index (χ4v) is 3.64. The lowest BCUT2D eigenvalue weighted by molar-refractivity contribution is -0.121. The smallest absolute Gasteiger partial charge is 0.220 e. The lowest BCUT2D eigenvalue weighted by atomic mass is 10.0. The van der Waals surface area contributed by atoms with Crippen LogP contribution in [0.25, 0.3) is 0 Å². The van der Waals surface area contributed by atoms with Gasteiger partial charge in [-0.2, -0.15) is 0 Å². The number of hydrogen-bond donors (Lipinski definition) is 2. The van der Waals surface area contributed by atoms with Crippen molar-refractivity contribution in [1.82, 2.24) is 10.2 Å². The van der Waals surface area contributed by atoms with Crippen LogP contribution in [-0.2, 0) is 16.0 Å². The molecule has 1 heterocycles. The SMILES string of the molecule is Nc1ccccc1CCC(=O)NCC(c1ccccc1Cl)N1CCOCC1. The highest BCUT2D eigenvalue weighted by Crippen LogP contribution is 2.27. The van der Waals surface area contributed by atoms with Crippen LogP contribution in [0.15, 0.2) is 48.5 Å². The number of para-hydroxylation sites is 1. The van der Waals surface area contributed by atoms with Crippen molar-refractivity contribution in [1.29, 1.82) is 0 Å². The Hall–Kier alpha value is -2.08. The van der Waals surface area contributed by atoms with Crippen LogP contribution in [0.5, 0.6) is 0 Å². The number of aryl methyl sites for hydroxylation is 1. The standard InChI is InChI=1S/C21H26ClN3O2/c22-18-7-3-2-6-17(18)20(25-11-13-27-14-12-25)15-24-21(26)10-9-16-5-1-4-8-19(16)23/h1-8,20H,9-15,23H2,(H,24,26). The Morgan fingerprint density at radius 3 is 2.59 bits per heavy atom. The predicted octanol–water partition coefficient (Wildman–Crippen LogP) is 3.04. The van der Waals surface area contributed by atoms with E-state index in [1.165, 1.54) is 0 Å². The van der Waals surface area contributed by atoms with Gasteiger partial charge in [0.05, 0.1) is 19.3 Å². The van der Waals surface area contributed by atoms with Crippen LogP contribution >= 0.6 is 11.6 Å². The number of ether oxygens (including phenoxy) is 1. The van der Waals surface area contributed by atoms with Crippen molar-refractivity contribution in [3.8, 4) is 0 Å². The third-order valence-corrected chi connectivity index (χ3v) is 5.26. The molecule has 1 unspecified atom stereocenters. The molecule has 5 nitrogen and oxygen atoms in total. The summed E-state index contributed by atoms with van der Waals surface area (Å²) in [6, 6.07) is 15.5. The molecule has 1 saturated heterocycles. The molecule has 1 aliphatic heterocycles. The van der Waals surface area contributed by atoms with Gasteiger partial charge in [0.15, 0.2) is 0 Å². The minimum absolute atomic E-state index is 0.0172. The topological polar surface area (TPSA) is 67.6 Å². The molecule has 0 spiro atoms. The molecule has 27 heavy (non-hydrogen) atoms. The second kappa shape index (κ2) is 9.74. The van der Waals surface area contributed by atoms with E-state index < -0.39 is 0 Å². The highest BCUT2D eigenvalue weighted by Gasteiger charge is 2.24. The summed E-state index contributed by atoms with van der Waals surface area (Å²) in [5.41, 5.74) is 8.72. The molecule has 0 aliphatic carbocycles. The number of anilines is 1. The Morgan fingerprint density at radius 1 is 1.15 bits per heavy atom. The second-order valence-electron chi connectivity index (χ2n) is 6.69. The summed E-state index contributed by atoms with van der Waals surface area (Å²) in [4.78, 5) is 14.7. The van der Waals surface area contributed by atoms with Crippen molar-refractivity contribution in [2.75, 3.05) is 38.6 Å². The van der Waals surface area contributed by atoms with Gasteiger partial charge in [-0.25, -0.2) is 0 Å². The van der Waals surface area contributed by atoms with Gasteiger partial charge >= 0.3 is 0 Å². The highest BCUT2D eigenvalue weighted by molar-refractivity contribution is 6.31. The van der Waals surface area contributed by atoms with E-state index in [1.807, 2.05) is 48.5 Å². The fraction of sp³-hybridized carbons (Fsp3) is 0.381. The number of morpholine rings is 1. The lowest BCUT2D eigenvalue weighted by Gasteiger charge is -2.35. The van der Waals surface area contributed by atoms with Crippen LogP contribution in [0.2, 0.25) is 5.02 Å². The zero-order valence-corrected chi connectivity index (χ0v) is 16.1. The number of carbonyl (C=O) groups excluding carboxylic acids is 1. The fourth-order valence-electron chi connectivity index (χ4n) is 3.38. The van der Waals surface area contributed by atoms with Crippen LogP contribution in [-0.4, -0.2) is 43.7 Å². The van der Waals surface area contributed by atoms with E-state index in [0.717, 1.165) is 34.9 Å². The zero-order valence-electron chi connectivity index (χ0n) is 15.4. The van der Waals surface area contributed by atoms with E-state index in [1.54, 1.807) is 0 Å². The van der Waals surface area contributed by atoms with Gasteiger partial charge in [-0.1, -0.05) is 48.0 Å². The molecule has 3 rings (SSSR count). The molecule has 1 aliphatic rings. The molecule has 6 heteroatoms. The van der Waals surface area contributed by atoms with Crippen LogP contribution < -0.4 is 11.1 Å². The number of nitrogens with one attached hydrogen (secondary N) is 1. The van der Waals surface area contributed by atoms with Crippen molar-refractivity contribution < 1.29 is 9.53 Å². The molecule has 1 atom stereocenters. The van der Waals surface area contributed by atoms with Gasteiger partial charge < -0.3 is 15.8 Å². The number of nitrogen functional groups attached to an aromatic ring is 1. The quantitative estimate of drug-likeness (QED) is 0.716. The first-order valence-electron chi connectivity index (χ1n) is 9.31. The maximum Gasteiger partial charge on any atom is 0.220 e. The number of benzene rings is 2. The van der Waals surface area contributed by atoms with Gasteiger partial charge in [0, 0.05) is 36.8 Å². The average molecular weight is 388 g/mol. The van der Waals surface area contributed by atoms with Crippen molar-refractivity contribution >= 4 is 23.2 Å². The molecule has 0 bridgehead atoms. The summed E-state index contributed by atoms with van der Waals surface area (Å²) in [5, 5.41) is 3.80. The molecule has 3 N–H and O–H groups in total. The third kappa shape index (κ3) is 5.45. The van der Waals surface area contributed by atoms with Crippen molar-refractivity contribution in [3.05, 3.63) is 64.7 Å². The third-order valence-electron chi connectivity index (χ3n) is 4.92. The molecule has 2 aromatic carbocycles. The molecule has 0 saturated carbocycles. The maximum absolute atomic E-state index is 12.4. The van der Waals surface area contributed by atoms with Gasteiger partial charge in [0.1, 0.15) is 0 Å². The van der Waals surface area contributed by atoms with Crippen molar-refractivity contribution in [2.24, 2.45) is 0 Å². The van der Waals surface area contributed by atoms with E-state index in [2.05, 4.69) is 10.2 Å². The molecule has 1 amide bonds. The monoisotopic (exact) mass is 387 g/mol. The Bertz CT molecular complexity index is 763. The van der Waals surface area contributed by atoms with E-state index >= 15 is 0 Å². The van der Waals surface area contributed by atoms with Crippen molar-refractivity contribution in [2.45, 2.75) is 18.9 Å². The van der Waals surface area contributed by atoms with Gasteiger partial charge in [0.25, 0.3) is 0 Å². The largest absolute Gasteiger partial charge is 0.399 e. The van der Waals surface area contributed by atoms with E-state index in [0.29, 0.717) is 32.6 Å². The van der Waals surface area contributed by atoms with Crippen LogP contribution in [0.3, 0.4) is 0 Å². The minimum atomic E-state index is 0.0172. The van der Waals surface area contributed by atoms with Gasteiger partial charge in [-0.05, 0) is 29.7 Å². The molecule has 1 fully saturated rings. The minimum Gasteiger partial charge on any atom is -0.399 e. The molecular weight excluding hydrogens is 362 g/mol. The van der Waals surface area contributed by atoms with Crippen LogP contribution in [0.1, 0.15) is 23.6 Å². The van der Waals surface area contributed by atoms with Gasteiger partial charge in [0.2, 0.25) is 5.91 Å². The molecular formula is C21H26ClN3O2. The maximum atomic E-state index is 12.4. The second-order valence-corrected chi connectivity index (χ2v) is 7.10. The summed E-state index contributed by atoms with van der Waals surface area (Å²) >= 11 is 6.43. The molecule has 2 aromatic rings. The number of rotatable bonds is 7. The van der Waals surface area contributed by atoms with E-state index in [4.69, 9.17) is 22.1 Å². The summed E-state index contributed by atoms with van der Waals surface area (Å²) in [6.45, 7) is 3.57. The normalized spacial score (nSPS) is 16.0. The average Bonchev–Trinajstić information content (AvgIpc) is 2.69. The summed E-state index contributed by atoms with van der Waals surface area (Å²) in [5.74, 6) is 0.0172. The van der Waals surface area contributed by atoms with Crippen LogP contribution in [0, 0.1) is 0 Å². The Labute approximate surface area is 165 Å². The van der Waals surface area contributed by atoms with E-state index in [9.17, 15) is 4.79 Å². The van der Waals surface area contributed by atoms with Crippen molar-refractivity contribution in [3.63, 3.8) is 0 Å². The molecule has 0 aromatic heterocycles. The Morgan fingerprint density at radius 2 is 1.85 bits per heavy atom. The van der Waals surface area contributed by atoms with Crippen LogP contribution in [0.4, 0.5) is 5.69 Å². The summed E-state index contributed by atoms with van der Waals surface area (Å²) in [7, 11) is 0. The number of nitrogens with two attached hydrogens (primary N) is 1. The first kappa shape index (κ1) is 19.7. The Kier molecular flexibility index (Phi) is 7.10. The Balaban J connectivity index is 1.61. The van der Waals surface area contributed by atoms with Gasteiger partial charge in [-0.3, -0.25) is 9.69 Å². The van der Waals surface area contributed by atoms with E-state index in [-0.39, 0.29) is 11.9 Å². The highest BCUT2D eigenvalue weighted by atomic mass is 35.5. The number of nitrogens with zero attached hydrogens (tertiary/aromatic N) is 1. The summed E-state index contributed by atoms with van der Waals surface area (Å²) < 4.78 is 5.47. The number of halogens is 1. The number of carbonyl (C=O) groups is 1.